The minimum absolute atomic E-state index is 0.141. The lowest BCUT2D eigenvalue weighted by Gasteiger charge is -2.21. The van der Waals surface area contributed by atoms with E-state index in [4.69, 9.17) is 16.3 Å². The molecule has 0 aliphatic carbocycles. The van der Waals surface area contributed by atoms with Gasteiger partial charge in [0, 0.05) is 11.1 Å². The maximum absolute atomic E-state index is 12.6. The second kappa shape index (κ2) is 8.70. The number of hydrogen-bond acceptors (Lipinski definition) is 3. The summed E-state index contributed by atoms with van der Waals surface area (Å²) in [5.41, 5.74) is 1.51. The smallest absolute Gasteiger partial charge is 0.216 e. The van der Waals surface area contributed by atoms with Gasteiger partial charge < -0.3 is 4.74 Å². The molecule has 0 bridgehead atoms. The molecule has 0 saturated heterocycles. The highest BCUT2D eigenvalue weighted by molar-refractivity contribution is 7.88. The SMILES string of the molecule is COc1ccc([C@@H](CC(C)C)NS(=O)(=O)Cc2ccccc2Cl)cc1. The average molecular weight is 382 g/mol. The van der Waals surface area contributed by atoms with Gasteiger partial charge in [-0.2, -0.15) is 0 Å². The van der Waals surface area contributed by atoms with Crippen LogP contribution in [-0.4, -0.2) is 15.5 Å². The zero-order valence-corrected chi connectivity index (χ0v) is 16.3. The van der Waals surface area contributed by atoms with Crippen LogP contribution in [0.15, 0.2) is 48.5 Å². The van der Waals surface area contributed by atoms with E-state index in [0.29, 0.717) is 22.9 Å². The standard InChI is InChI=1S/C19H24ClNO3S/c1-14(2)12-19(15-8-10-17(24-3)11-9-15)21-25(22,23)13-16-6-4-5-7-18(16)20/h4-11,14,19,21H,12-13H2,1-3H3/t19-/m1/s1. The van der Waals surface area contributed by atoms with E-state index >= 15 is 0 Å². The van der Waals surface area contributed by atoms with Gasteiger partial charge in [-0.3, -0.25) is 0 Å². The Morgan fingerprint density at radius 1 is 1.08 bits per heavy atom. The van der Waals surface area contributed by atoms with Crippen LogP contribution in [0.4, 0.5) is 0 Å². The number of rotatable bonds is 8. The molecule has 0 aliphatic rings. The van der Waals surface area contributed by atoms with Crippen LogP contribution in [0, 0.1) is 5.92 Å². The van der Waals surface area contributed by atoms with Gasteiger partial charge in [0.1, 0.15) is 5.75 Å². The van der Waals surface area contributed by atoms with E-state index in [1.807, 2.05) is 24.3 Å². The summed E-state index contributed by atoms with van der Waals surface area (Å²) >= 11 is 6.10. The molecule has 6 heteroatoms. The molecule has 0 spiro atoms. The molecule has 0 heterocycles. The van der Waals surface area contributed by atoms with Crippen LogP contribution < -0.4 is 9.46 Å². The van der Waals surface area contributed by atoms with Gasteiger partial charge in [-0.25, -0.2) is 13.1 Å². The summed E-state index contributed by atoms with van der Waals surface area (Å²) in [6.07, 6.45) is 0.702. The molecule has 0 aromatic heterocycles. The fourth-order valence-corrected chi connectivity index (χ4v) is 4.33. The van der Waals surface area contributed by atoms with Crippen molar-refractivity contribution in [1.29, 1.82) is 0 Å². The Labute approximate surface area is 155 Å². The third kappa shape index (κ3) is 6.03. The van der Waals surface area contributed by atoms with Crippen LogP contribution in [0.5, 0.6) is 5.75 Å². The van der Waals surface area contributed by atoms with Gasteiger partial charge in [-0.05, 0) is 41.7 Å². The maximum atomic E-state index is 12.6. The van der Waals surface area contributed by atoms with E-state index < -0.39 is 10.0 Å². The Hall–Kier alpha value is -1.56. The van der Waals surface area contributed by atoms with Gasteiger partial charge in [0.2, 0.25) is 10.0 Å². The number of benzene rings is 2. The Kier molecular flexibility index (Phi) is 6.87. The van der Waals surface area contributed by atoms with Crippen molar-refractivity contribution in [3.63, 3.8) is 0 Å². The lowest BCUT2D eigenvalue weighted by molar-refractivity contribution is 0.414. The van der Waals surface area contributed by atoms with Crippen molar-refractivity contribution in [2.24, 2.45) is 5.92 Å². The molecule has 1 N–H and O–H groups in total. The predicted molar refractivity (Wildman–Crippen MR) is 102 cm³/mol. The van der Waals surface area contributed by atoms with Crippen molar-refractivity contribution in [3.05, 3.63) is 64.7 Å². The number of methoxy groups -OCH3 is 1. The molecule has 2 aromatic rings. The minimum Gasteiger partial charge on any atom is -0.497 e. The number of sulfonamides is 1. The molecule has 0 radical (unpaired) electrons. The molecular weight excluding hydrogens is 358 g/mol. The highest BCUT2D eigenvalue weighted by Crippen LogP contribution is 2.25. The quantitative estimate of drug-likeness (QED) is 0.729. The first kappa shape index (κ1) is 19.8. The lowest BCUT2D eigenvalue weighted by atomic mass is 9.98. The second-order valence-electron chi connectivity index (χ2n) is 6.42. The van der Waals surface area contributed by atoms with E-state index in [2.05, 4.69) is 18.6 Å². The monoisotopic (exact) mass is 381 g/mol. The van der Waals surface area contributed by atoms with Crippen LogP contribution in [0.1, 0.15) is 37.4 Å². The van der Waals surface area contributed by atoms with Crippen LogP contribution >= 0.6 is 11.6 Å². The molecule has 2 rings (SSSR count). The average Bonchev–Trinajstić information content (AvgIpc) is 2.55. The Morgan fingerprint density at radius 3 is 2.28 bits per heavy atom. The molecule has 136 valence electrons. The Bertz CT molecular complexity index is 789. The summed E-state index contributed by atoms with van der Waals surface area (Å²) in [5, 5.41) is 0.456. The van der Waals surface area contributed by atoms with Crippen LogP contribution in [0.25, 0.3) is 0 Å². The summed E-state index contributed by atoms with van der Waals surface area (Å²) < 4.78 is 33.3. The van der Waals surface area contributed by atoms with E-state index in [1.54, 1.807) is 31.4 Å². The van der Waals surface area contributed by atoms with Crippen molar-refractivity contribution in [1.82, 2.24) is 4.72 Å². The molecule has 4 nitrogen and oxygen atoms in total. The summed E-state index contributed by atoms with van der Waals surface area (Å²) in [5.74, 6) is 0.943. The van der Waals surface area contributed by atoms with Gasteiger partial charge in [0.15, 0.2) is 0 Å². The predicted octanol–water partition coefficient (Wildman–Crippen LogP) is 4.56. The van der Waals surface area contributed by atoms with Gasteiger partial charge in [0.25, 0.3) is 0 Å². The highest BCUT2D eigenvalue weighted by Gasteiger charge is 2.22. The molecule has 0 unspecified atom stereocenters. The van der Waals surface area contributed by atoms with Crippen molar-refractivity contribution >= 4 is 21.6 Å². The van der Waals surface area contributed by atoms with Gasteiger partial charge in [-0.1, -0.05) is 55.8 Å². The molecule has 0 amide bonds. The highest BCUT2D eigenvalue weighted by atomic mass is 35.5. The Morgan fingerprint density at radius 2 is 1.72 bits per heavy atom. The topological polar surface area (TPSA) is 55.4 Å². The summed E-state index contributed by atoms with van der Waals surface area (Å²) in [4.78, 5) is 0. The molecule has 2 aromatic carbocycles. The zero-order valence-electron chi connectivity index (χ0n) is 14.7. The summed E-state index contributed by atoms with van der Waals surface area (Å²) in [6, 6.07) is 14.2. The number of nitrogens with one attached hydrogen (secondary N) is 1. The van der Waals surface area contributed by atoms with Crippen LogP contribution in [-0.2, 0) is 15.8 Å². The molecule has 0 saturated carbocycles. The summed E-state index contributed by atoms with van der Waals surface area (Å²) in [6.45, 7) is 4.14. The van der Waals surface area contributed by atoms with E-state index in [-0.39, 0.29) is 11.8 Å². The van der Waals surface area contributed by atoms with Crippen molar-refractivity contribution in [2.75, 3.05) is 7.11 Å². The van der Waals surface area contributed by atoms with E-state index in [9.17, 15) is 8.42 Å². The van der Waals surface area contributed by atoms with Crippen molar-refractivity contribution in [2.45, 2.75) is 32.1 Å². The van der Waals surface area contributed by atoms with Crippen molar-refractivity contribution < 1.29 is 13.2 Å². The molecular formula is C19H24ClNO3S. The fourth-order valence-electron chi connectivity index (χ4n) is 2.64. The fraction of sp³-hybridized carbons (Fsp3) is 0.368. The second-order valence-corrected chi connectivity index (χ2v) is 8.58. The lowest BCUT2D eigenvalue weighted by Crippen LogP contribution is -2.30. The third-order valence-corrected chi connectivity index (χ3v) is 5.55. The van der Waals surface area contributed by atoms with Crippen molar-refractivity contribution in [3.8, 4) is 5.75 Å². The first-order chi connectivity index (χ1) is 11.8. The molecule has 0 aliphatic heterocycles. The molecule has 1 atom stereocenters. The largest absolute Gasteiger partial charge is 0.497 e. The Balaban J connectivity index is 2.21. The normalized spacial score (nSPS) is 13.0. The van der Waals surface area contributed by atoms with E-state index in [0.717, 1.165) is 11.3 Å². The third-order valence-electron chi connectivity index (χ3n) is 3.85. The van der Waals surface area contributed by atoms with Gasteiger partial charge in [-0.15, -0.1) is 0 Å². The van der Waals surface area contributed by atoms with Crippen LogP contribution in [0.3, 0.4) is 0 Å². The molecule has 0 fully saturated rings. The maximum Gasteiger partial charge on any atom is 0.216 e. The number of ether oxygens (including phenoxy) is 1. The first-order valence-electron chi connectivity index (χ1n) is 8.18. The first-order valence-corrected chi connectivity index (χ1v) is 10.2. The minimum atomic E-state index is -3.53. The van der Waals surface area contributed by atoms with Crippen LogP contribution in [0.2, 0.25) is 5.02 Å². The summed E-state index contributed by atoms with van der Waals surface area (Å²) in [7, 11) is -1.93. The molecule has 25 heavy (non-hydrogen) atoms. The zero-order chi connectivity index (χ0) is 18.4. The number of hydrogen-bond donors (Lipinski definition) is 1. The van der Waals surface area contributed by atoms with E-state index in [1.165, 1.54) is 0 Å². The van der Waals surface area contributed by atoms with Gasteiger partial charge >= 0.3 is 0 Å². The number of halogens is 1. The van der Waals surface area contributed by atoms with Gasteiger partial charge in [0.05, 0.1) is 12.9 Å².